The molecule has 1 aromatic heterocycles. The van der Waals surface area contributed by atoms with Gasteiger partial charge in [0.1, 0.15) is 11.9 Å². The summed E-state index contributed by atoms with van der Waals surface area (Å²) in [6, 6.07) is 74.0. The largest absolute Gasteiger partial charge is 0.484 e. The minimum Gasteiger partial charge on any atom is -0.484 e. The van der Waals surface area contributed by atoms with Crippen molar-refractivity contribution in [3.8, 4) is 44.8 Å². The highest BCUT2D eigenvalue weighted by atomic mass is 16.5. The lowest BCUT2D eigenvalue weighted by atomic mass is 9.73. The first-order valence-electron chi connectivity index (χ1n) is 20.0. The van der Waals surface area contributed by atoms with Gasteiger partial charge >= 0.3 is 0 Å². The van der Waals surface area contributed by atoms with Crippen LogP contribution in [0.2, 0.25) is 0 Å². The third-order valence-electron chi connectivity index (χ3n) is 12.1. The van der Waals surface area contributed by atoms with E-state index in [1.54, 1.807) is 0 Å². The van der Waals surface area contributed by atoms with Crippen molar-refractivity contribution in [3.63, 3.8) is 0 Å². The van der Waals surface area contributed by atoms with Crippen LogP contribution in [0.4, 0.5) is 17.1 Å². The molecule has 0 bridgehead atoms. The van der Waals surface area contributed by atoms with Gasteiger partial charge in [0.25, 0.3) is 0 Å². The van der Waals surface area contributed by atoms with Crippen molar-refractivity contribution in [1.29, 1.82) is 0 Å². The molecule has 276 valence electrons. The molecular weight excluding hydrogens is 705 g/mol. The molecule has 0 amide bonds. The monoisotopic (exact) mass is 744 g/mol. The van der Waals surface area contributed by atoms with E-state index in [9.17, 15) is 0 Å². The molecule has 9 aromatic rings. The maximum atomic E-state index is 6.86. The Morgan fingerprint density at radius 2 is 0.948 bits per heavy atom. The number of rotatable bonds is 7. The first kappa shape index (κ1) is 33.9. The Kier molecular flexibility index (Phi) is 8.01. The molecule has 1 aliphatic heterocycles. The van der Waals surface area contributed by atoms with E-state index in [0.717, 1.165) is 34.1 Å². The fourth-order valence-electron chi connectivity index (χ4n) is 9.12. The Labute approximate surface area is 339 Å². The van der Waals surface area contributed by atoms with Crippen LogP contribution in [0.15, 0.2) is 212 Å². The van der Waals surface area contributed by atoms with E-state index in [4.69, 9.17) is 4.74 Å². The van der Waals surface area contributed by atoms with Crippen LogP contribution >= 0.6 is 0 Å². The quantitative estimate of drug-likeness (QED) is 0.162. The molecule has 2 heterocycles. The van der Waals surface area contributed by atoms with Gasteiger partial charge in [-0.05, 0) is 113 Å². The molecule has 0 N–H and O–H groups in total. The summed E-state index contributed by atoms with van der Waals surface area (Å²) in [5.41, 5.74) is 16.1. The molecule has 0 saturated carbocycles. The molecule has 0 fully saturated rings. The molecule has 1 aliphatic carbocycles. The molecule has 2 atom stereocenters. The second-order valence-corrected chi connectivity index (χ2v) is 15.5. The van der Waals surface area contributed by atoms with E-state index in [0.29, 0.717) is 0 Å². The number of benzene rings is 8. The lowest BCUT2D eigenvalue weighted by molar-refractivity contribution is 0.183. The molecule has 8 aromatic carbocycles. The highest BCUT2D eigenvalue weighted by Crippen LogP contribution is 2.56. The Morgan fingerprint density at radius 3 is 1.52 bits per heavy atom. The zero-order valence-electron chi connectivity index (χ0n) is 32.2. The Morgan fingerprint density at radius 1 is 0.483 bits per heavy atom. The Hall–Kier alpha value is -7.36. The molecule has 3 nitrogen and oxygen atoms in total. The van der Waals surface area contributed by atoms with Crippen molar-refractivity contribution < 1.29 is 4.74 Å². The van der Waals surface area contributed by atoms with Crippen molar-refractivity contribution in [2.45, 2.75) is 18.4 Å². The molecule has 2 unspecified atom stereocenters. The van der Waals surface area contributed by atoms with Gasteiger partial charge in [0.15, 0.2) is 0 Å². The van der Waals surface area contributed by atoms with Gasteiger partial charge in [0.2, 0.25) is 0 Å². The zero-order chi connectivity index (χ0) is 38.6. The molecular formula is C55H40N2O. The van der Waals surface area contributed by atoms with Gasteiger partial charge in [-0.3, -0.25) is 0 Å². The number of hydrogen-bond donors (Lipinski definition) is 0. The molecule has 3 heteroatoms. The van der Waals surface area contributed by atoms with Gasteiger partial charge < -0.3 is 14.2 Å². The predicted octanol–water partition coefficient (Wildman–Crippen LogP) is 14.5. The van der Waals surface area contributed by atoms with E-state index in [2.05, 4.69) is 235 Å². The van der Waals surface area contributed by atoms with E-state index in [-0.39, 0.29) is 11.5 Å². The van der Waals surface area contributed by atoms with E-state index >= 15 is 0 Å². The van der Waals surface area contributed by atoms with Crippen LogP contribution in [-0.4, -0.2) is 4.57 Å². The SMILES string of the molecule is CC12C=Cc3c(c4cc(-c5ccc(N(c6ccc(-c7ccccc7)cc6)c6ccc(-c7ccccc7)cc6)cc5)ccc4n3-c3ccccc3)C1Oc1ccccc12. The number of fused-ring (bicyclic) bond motifs is 7. The molecule has 2 aliphatic rings. The lowest BCUT2D eigenvalue weighted by Gasteiger charge is -2.31. The zero-order valence-corrected chi connectivity index (χ0v) is 32.2. The van der Waals surface area contributed by atoms with Gasteiger partial charge in [0.05, 0.1) is 16.6 Å². The Bertz CT molecular complexity index is 2870. The van der Waals surface area contributed by atoms with Gasteiger partial charge in [-0.1, -0.05) is 146 Å². The number of nitrogens with zero attached hydrogens (tertiary/aromatic N) is 2. The summed E-state index contributed by atoms with van der Waals surface area (Å²) in [5, 5.41) is 1.22. The summed E-state index contributed by atoms with van der Waals surface area (Å²) < 4.78 is 9.26. The van der Waals surface area contributed by atoms with Crippen molar-refractivity contribution >= 4 is 34.0 Å². The summed E-state index contributed by atoms with van der Waals surface area (Å²) in [5.74, 6) is 0.966. The topological polar surface area (TPSA) is 17.4 Å². The van der Waals surface area contributed by atoms with Crippen molar-refractivity contribution in [2.24, 2.45) is 0 Å². The predicted molar refractivity (Wildman–Crippen MR) is 240 cm³/mol. The van der Waals surface area contributed by atoms with E-state index in [1.165, 1.54) is 55.5 Å². The smallest absolute Gasteiger partial charge is 0.139 e. The molecule has 0 radical (unpaired) electrons. The second-order valence-electron chi connectivity index (χ2n) is 15.5. The Balaban J connectivity index is 0.998. The summed E-state index contributed by atoms with van der Waals surface area (Å²) in [6.07, 6.45) is 4.52. The van der Waals surface area contributed by atoms with E-state index in [1.807, 2.05) is 0 Å². The third kappa shape index (κ3) is 5.58. The maximum Gasteiger partial charge on any atom is 0.139 e. The second kappa shape index (κ2) is 13.7. The highest BCUT2D eigenvalue weighted by Gasteiger charge is 2.48. The van der Waals surface area contributed by atoms with Crippen LogP contribution in [0.1, 0.15) is 29.8 Å². The minimum absolute atomic E-state index is 0.134. The van der Waals surface area contributed by atoms with Crippen molar-refractivity contribution in [3.05, 3.63) is 229 Å². The normalized spacial score (nSPS) is 16.3. The summed E-state index contributed by atoms with van der Waals surface area (Å²) in [6.45, 7) is 2.31. The van der Waals surface area contributed by atoms with Crippen LogP contribution < -0.4 is 9.64 Å². The van der Waals surface area contributed by atoms with E-state index < -0.39 is 0 Å². The molecule has 0 saturated heterocycles. The van der Waals surface area contributed by atoms with Crippen LogP contribution in [-0.2, 0) is 5.41 Å². The van der Waals surface area contributed by atoms with Crippen LogP contribution in [0.25, 0.3) is 56.0 Å². The fourth-order valence-corrected chi connectivity index (χ4v) is 9.12. The molecule has 11 rings (SSSR count). The summed E-state index contributed by atoms with van der Waals surface area (Å²) in [4.78, 5) is 2.34. The van der Waals surface area contributed by atoms with Crippen molar-refractivity contribution in [2.75, 3.05) is 4.90 Å². The fraction of sp³-hybridized carbons (Fsp3) is 0.0545. The van der Waals surface area contributed by atoms with Gasteiger partial charge in [0, 0.05) is 39.3 Å². The number of para-hydroxylation sites is 2. The number of hydrogen-bond acceptors (Lipinski definition) is 2. The average molecular weight is 745 g/mol. The highest BCUT2D eigenvalue weighted by molar-refractivity contribution is 5.95. The summed E-state index contributed by atoms with van der Waals surface area (Å²) in [7, 11) is 0. The number of ether oxygens (including phenoxy) is 1. The first-order valence-corrected chi connectivity index (χ1v) is 20.0. The number of aromatic nitrogens is 1. The van der Waals surface area contributed by atoms with Crippen LogP contribution in [0.3, 0.4) is 0 Å². The molecule has 0 spiro atoms. The standard InChI is InChI=1S/C55H40N2O/c1-55-36-35-51-53(54(55)58-52-20-12-11-19-49(52)55)48-37-43(27-34-50(48)57(51)44-17-9-4-10-18-44)42-25-32-47(33-26-42)56(45-28-21-40(22-29-45)38-13-5-2-6-14-38)46-30-23-41(24-31-46)39-15-7-3-8-16-39/h2-37,54H,1H3. The third-order valence-corrected chi connectivity index (χ3v) is 12.1. The number of anilines is 3. The van der Waals surface area contributed by atoms with Gasteiger partial charge in [-0.2, -0.15) is 0 Å². The first-order chi connectivity index (χ1) is 28.6. The average Bonchev–Trinajstić information content (AvgIpc) is 3.79. The van der Waals surface area contributed by atoms with Crippen molar-refractivity contribution in [1.82, 2.24) is 4.57 Å². The molecule has 58 heavy (non-hydrogen) atoms. The van der Waals surface area contributed by atoms with Gasteiger partial charge in [-0.25, -0.2) is 0 Å². The maximum absolute atomic E-state index is 6.86. The van der Waals surface area contributed by atoms with Crippen LogP contribution in [0, 0.1) is 0 Å². The van der Waals surface area contributed by atoms with Gasteiger partial charge in [-0.15, -0.1) is 0 Å². The van der Waals surface area contributed by atoms with Crippen LogP contribution in [0.5, 0.6) is 5.75 Å². The lowest BCUT2D eigenvalue weighted by Crippen LogP contribution is -2.28. The summed E-state index contributed by atoms with van der Waals surface area (Å²) >= 11 is 0. The minimum atomic E-state index is -0.265.